The van der Waals surface area contributed by atoms with Gasteiger partial charge in [-0.1, -0.05) is 18.2 Å². The smallest absolute Gasteiger partial charge is 0.246 e. The van der Waals surface area contributed by atoms with Crippen LogP contribution in [0.5, 0.6) is 5.75 Å². The van der Waals surface area contributed by atoms with Crippen molar-refractivity contribution in [3.63, 3.8) is 0 Å². The van der Waals surface area contributed by atoms with E-state index < -0.39 is 10.0 Å². The lowest BCUT2D eigenvalue weighted by Crippen LogP contribution is -2.40. The highest BCUT2D eigenvalue weighted by Crippen LogP contribution is 2.28. The Kier molecular flexibility index (Phi) is 8.65. The number of rotatable bonds is 10. The minimum atomic E-state index is -3.76. The highest BCUT2D eigenvalue weighted by Gasteiger charge is 2.29. The zero-order chi connectivity index (χ0) is 23.8. The third kappa shape index (κ3) is 6.43. The molecular weight excluding hydrogens is 449 g/mol. The second kappa shape index (κ2) is 11.4. The highest BCUT2D eigenvalue weighted by atomic mass is 32.2. The number of carbonyl (C=O) groups is 1. The maximum absolute atomic E-state index is 13.8. The van der Waals surface area contributed by atoms with Gasteiger partial charge >= 0.3 is 0 Å². The molecule has 0 unspecified atom stereocenters. The predicted molar refractivity (Wildman–Crippen MR) is 124 cm³/mol. The molecular formula is C23H30FN3O5S. The molecule has 1 saturated heterocycles. The third-order valence-corrected chi connectivity index (χ3v) is 7.36. The summed E-state index contributed by atoms with van der Waals surface area (Å²) >= 11 is 0. The predicted octanol–water partition coefficient (Wildman–Crippen LogP) is 2.04. The van der Waals surface area contributed by atoms with Crippen LogP contribution in [0, 0.1) is 5.82 Å². The van der Waals surface area contributed by atoms with Crippen LogP contribution >= 0.6 is 0 Å². The Balaban J connectivity index is 1.56. The van der Waals surface area contributed by atoms with E-state index in [-0.39, 0.29) is 41.9 Å². The summed E-state index contributed by atoms with van der Waals surface area (Å²) in [6.45, 7) is 2.24. The second-order valence-corrected chi connectivity index (χ2v) is 9.66. The first-order chi connectivity index (χ1) is 15.8. The van der Waals surface area contributed by atoms with E-state index in [4.69, 9.17) is 9.47 Å². The van der Waals surface area contributed by atoms with E-state index in [1.54, 1.807) is 42.3 Å². The van der Waals surface area contributed by atoms with Gasteiger partial charge in [0.15, 0.2) is 0 Å². The zero-order valence-electron chi connectivity index (χ0n) is 18.9. The summed E-state index contributed by atoms with van der Waals surface area (Å²) < 4.78 is 51.9. The van der Waals surface area contributed by atoms with Gasteiger partial charge in [-0.05, 0) is 36.2 Å². The van der Waals surface area contributed by atoms with Crippen LogP contribution in [0.4, 0.5) is 10.1 Å². The Labute approximate surface area is 194 Å². The maximum Gasteiger partial charge on any atom is 0.246 e. The van der Waals surface area contributed by atoms with Crippen molar-refractivity contribution in [2.75, 3.05) is 58.5 Å². The molecule has 8 nitrogen and oxygen atoms in total. The number of hydrogen-bond donors (Lipinski definition) is 1. The van der Waals surface area contributed by atoms with Crippen LogP contribution in [-0.2, 0) is 26.0 Å². The van der Waals surface area contributed by atoms with Gasteiger partial charge in [-0.15, -0.1) is 0 Å². The lowest BCUT2D eigenvalue weighted by molar-refractivity contribution is -0.120. The van der Waals surface area contributed by atoms with Crippen LogP contribution in [-0.4, -0.2) is 72.2 Å². The molecule has 1 N–H and O–H groups in total. The summed E-state index contributed by atoms with van der Waals surface area (Å²) in [6, 6.07) is 11.3. The van der Waals surface area contributed by atoms with Gasteiger partial charge in [-0.25, -0.2) is 12.8 Å². The Morgan fingerprint density at radius 1 is 1.21 bits per heavy atom. The first kappa shape index (κ1) is 24.9. The molecule has 1 aliphatic heterocycles. The molecule has 0 bridgehead atoms. The lowest BCUT2D eigenvalue weighted by Gasteiger charge is -2.26. The quantitative estimate of drug-likeness (QED) is 0.525. The van der Waals surface area contributed by atoms with Crippen LogP contribution in [0.2, 0.25) is 0 Å². The number of para-hydroxylation sites is 1. The second-order valence-electron chi connectivity index (χ2n) is 7.75. The number of sulfonamides is 1. The molecule has 0 aliphatic carbocycles. The van der Waals surface area contributed by atoms with Gasteiger partial charge in [0.25, 0.3) is 0 Å². The van der Waals surface area contributed by atoms with Gasteiger partial charge in [0, 0.05) is 33.2 Å². The normalized spacial score (nSPS) is 14.6. The first-order valence-electron chi connectivity index (χ1n) is 10.8. The van der Waals surface area contributed by atoms with E-state index in [9.17, 15) is 17.6 Å². The van der Waals surface area contributed by atoms with Crippen LogP contribution < -0.4 is 15.0 Å². The van der Waals surface area contributed by atoms with Crippen LogP contribution in [0.25, 0.3) is 0 Å². The molecule has 3 rings (SSSR count). The van der Waals surface area contributed by atoms with E-state index in [0.29, 0.717) is 44.0 Å². The number of amides is 1. The maximum atomic E-state index is 13.8. The molecule has 1 amide bonds. The monoisotopic (exact) mass is 479 g/mol. The number of ether oxygens (including phenoxy) is 2. The number of hydrogen-bond acceptors (Lipinski definition) is 6. The summed E-state index contributed by atoms with van der Waals surface area (Å²) in [4.78, 5) is 14.3. The van der Waals surface area contributed by atoms with Crippen molar-refractivity contribution in [2.24, 2.45) is 0 Å². The number of nitrogens with zero attached hydrogens (tertiary/aromatic N) is 2. The Morgan fingerprint density at radius 3 is 2.64 bits per heavy atom. The third-order valence-electron chi connectivity index (χ3n) is 5.44. The molecule has 2 aromatic carbocycles. The summed E-state index contributed by atoms with van der Waals surface area (Å²) in [6.07, 6.45) is 0.675. The molecule has 1 aliphatic rings. The van der Waals surface area contributed by atoms with Gasteiger partial charge in [0.05, 0.1) is 32.4 Å². The van der Waals surface area contributed by atoms with E-state index in [2.05, 4.69) is 5.32 Å². The fraction of sp³-hybridized carbons (Fsp3) is 0.435. The van der Waals surface area contributed by atoms with E-state index in [0.717, 1.165) is 0 Å². The Morgan fingerprint density at radius 2 is 1.94 bits per heavy atom. The molecule has 1 heterocycles. The molecule has 180 valence electrons. The van der Waals surface area contributed by atoms with Crippen molar-refractivity contribution in [3.05, 3.63) is 53.8 Å². The van der Waals surface area contributed by atoms with Crippen LogP contribution in [0.15, 0.2) is 47.4 Å². The number of nitrogens with one attached hydrogen (secondary N) is 1. The summed E-state index contributed by atoms with van der Waals surface area (Å²) in [5, 5.41) is 2.84. The summed E-state index contributed by atoms with van der Waals surface area (Å²) in [5.74, 6) is -0.267. The molecule has 0 atom stereocenters. The number of anilines is 1. The minimum Gasteiger partial charge on any atom is -0.495 e. The fourth-order valence-electron chi connectivity index (χ4n) is 3.63. The van der Waals surface area contributed by atoms with Crippen molar-refractivity contribution in [1.29, 1.82) is 0 Å². The minimum absolute atomic E-state index is 0.0405. The zero-order valence-corrected chi connectivity index (χ0v) is 19.7. The van der Waals surface area contributed by atoms with Gasteiger partial charge in [-0.3, -0.25) is 4.79 Å². The molecule has 0 spiro atoms. The molecule has 10 heteroatoms. The molecule has 1 fully saturated rings. The molecule has 2 aromatic rings. The fourth-order valence-corrected chi connectivity index (χ4v) is 5.25. The van der Waals surface area contributed by atoms with Crippen molar-refractivity contribution >= 4 is 21.6 Å². The van der Waals surface area contributed by atoms with Crippen molar-refractivity contribution in [2.45, 2.75) is 17.7 Å². The standard InChI is InChI=1S/C23H30FN3O5S/c1-26(20-7-4-3-6-19(20)24)11-5-10-25-23(28)17-18-8-9-21(31-2)22(16-18)33(29,30)27-12-14-32-15-13-27/h3-4,6-9,16H,5,10-15,17H2,1-2H3,(H,25,28). The average Bonchev–Trinajstić information content (AvgIpc) is 2.82. The summed E-state index contributed by atoms with van der Waals surface area (Å²) in [5.41, 5.74) is 1.08. The highest BCUT2D eigenvalue weighted by molar-refractivity contribution is 7.89. The largest absolute Gasteiger partial charge is 0.495 e. The first-order valence-corrected chi connectivity index (χ1v) is 12.2. The molecule has 0 aromatic heterocycles. The average molecular weight is 480 g/mol. The van der Waals surface area contributed by atoms with Crippen LogP contribution in [0.1, 0.15) is 12.0 Å². The number of benzene rings is 2. The van der Waals surface area contributed by atoms with Crippen LogP contribution in [0.3, 0.4) is 0 Å². The Bertz CT molecular complexity index is 1060. The molecule has 0 saturated carbocycles. The molecule has 0 radical (unpaired) electrons. The number of methoxy groups -OCH3 is 1. The van der Waals surface area contributed by atoms with Gasteiger partial charge in [0.1, 0.15) is 16.5 Å². The van der Waals surface area contributed by atoms with E-state index >= 15 is 0 Å². The van der Waals surface area contributed by atoms with Gasteiger partial charge in [0.2, 0.25) is 15.9 Å². The lowest BCUT2D eigenvalue weighted by atomic mass is 10.1. The number of morpholine rings is 1. The molecule has 33 heavy (non-hydrogen) atoms. The van der Waals surface area contributed by atoms with Crippen molar-refractivity contribution in [3.8, 4) is 5.75 Å². The van der Waals surface area contributed by atoms with Crippen molar-refractivity contribution < 1.29 is 27.1 Å². The topological polar surface area (TPSA) is 88.2 Å². The number of carbonyl (C=O) groups excluding carboxylic acids is 1. The van der Waals surface area contributed by atoms with E-state index in [1.165, 1.54) is 23.5 Å². The van der Waals surface area contributed by atoms with Gasteiger partial charge < -0.3 is 19.7 Å². The van der Waals surface area contributed by atoms with Gasteiger partial charge in [-0.2, -0.15) is 4.31 Å². The van der Waals surface area contributed by atoms with Crippen molar-refractivity contribution in [1.82, 2.24) is 9.62 Å². The number of halogens is 1. The Hall–Kier alpha value is -2.69. The van der Waals surface area contributed by atoms with E-state index in [1.807, 2.05) is 0 Å². The SMILES string of the molecule is COc1ccc(CC(=O)NCCCN(C)c2ccccc2F)cc1S(=O)(=O)N1CCOCC1. The summed E-state index contributed by atoms with van der Waals surface area (Å²) in [7, 11) is -0.548.